The van der Waals surface area contributed by atoms with Crippen molar-refractivity contribution in [3.05, 3.63) is 98.2 Å². The molecule has 0 amide bonds. The summed E-state index contributed by atoms with van der Waals surface area (Å²) in [6.45, 7) is 0. The van der Waals surface area contributed by atoms with Crippen LogP contribution in [0.25, 0.3) is 22.4 Å². The molecule has 33 heavy (non-hydrogen) atoms. The van der Waals surface area contributed by atoms with Gasteiger partial charge < -0.3 is 5.32 Å². The summed E-state index contributed by atoms with van der Waals surface area (Å²) in [5.74, 6) is 0.405. The Kier molecular flexibility index (Phi) is 6.09. The van der Waals surface area contributed by atoms with E-state index in [1.807, 2.05) is 85.1 Å². The molecular weight excluding hydrogens is 566 g/mol. The maximum Gasteiger partial charge on any atom is 0.271 e. The molecule has 3 aromatic carbocycles. The van der Waals surface area contributed by atoms with Crippen LogP contribution >= 0.6 is 43.6 Å². The lowest BCUT2D eigenvalue weighted by atomic mass is 10.3. The number of aromatic nitrogens is 4. The van der Waals surface area contributed by atoms with E-state index in [9.17, 15) is 4.79 Å². The van der Waals surface area contributed by atoms with Crippen molar-refractivity contribution in [3.8, 4) is 11.4 Å². The second-order valence-electron chi connectivity index (χ2n) is 7.14. The first kappa shape index (κ1) is 21.9. The first-order valence-electron chi connectivity index (χ1n) is 9.99. The van der Waals surface area contributed by atoms with E-state index in [-0.39, 0.29) is 5.56 Å². The van der Waals surface area contributed by atoms with E-state index in [0.29, 0.717) is 27.7 Å². The summed E-state index contributed by atoms with van der Waals surface area (Å²) in [5, 5.41) is 9.15. The van der Waals surface area contributed by atoms with Crippen LogP contribution in [0.1, 0.15) is 0 Å². The highest BCUT2D eigenvalue weighted by molar-refractivity contribution is 9.10. The Hall–Kier alpha value is -2.88. The van der Waals surface area contributed by atoms with Crippen LogP contribution in [0.5, 0.6) is 0 Å². The lowest BCUT2D eigenvalue weighted by molar-refractivity contribution is 0.851. The van der Waals surface area contributed by atoms with E-state index in [0.717, 1.165) is 20.3 Å². The van der Waals surface area contributed by atoms with Crippen molar-refractivity contribution in [1.82, 2.24) is 19.3 Å². The summed E-state index contributed by atoms with van der Waals surface area (Å²) in [4.78, 5) is 18.8. The Bertz CT molecular complexity index is 1500. The number of hydrogen-bond acceptors (Lipinski definition) is 5. The van der Waals surface area contributed by atoms with E-state index >= 15 is 0 Å². The number of fused-ring (bicyclic) bond motifs is 1. The summed E-state index contributed by atoms with van der Waals surface area (Å²) >= 11 is 8.36. The van der Waals surface area contributed by atoms with Crippen LogP contribution in [0.4, 0.5) is 11.6 Å². The van der Waals surface area contributed by atoms with Crippen molar-refractivity contribution in [2.75, 3.05) is 11.6 Å². The molecule has 0 aliphatic rings. The molecule has 0 aliphatic heterocycles. The molecule has 0 unspecified atom stereocenters. The number of hydrogen-bond donors (Lipinski definition) is 1. The normalized spacial score (nSPS) is 11.1. The SMILES string of the molecule is CSc1nn(-c2ccccc2)c2nc(Nc3ccc(Br)cc3)n(-c3ccc(Br)cc3)c(=O)c12. The molecule has 9 heteroatoms. The number of nitrogens with zero attached hydrogens (tertiary/aromatic N) is 4. The van der Waals surface area contributed by atoms with Gasteiger partial charge in [0.1, 0.15) is 10.4 Å². The van der Waals surface area contributed by atoms with E-state index in [4.69, 9.17) is 10.1 Å². The fraction of sp³-hybridized carbons (Fsp3) is 0.0417. The second kappa shape index (κ2) is 9.17. The Morgan fingerprint density at radius 3 is 2.12 bits per heavy atom. The van der Waals surface area contributed by atoms with Gasteiger partial charge in [0, 0.05) is 14.6 Å². The smallest absolute Gasteiger partial charge is 0.271 e. The van der Waals surface area contributed by atoms with Gasteiger partial charge in [-0.15, -0.1) is 11.8 Å². The zero-order valence-corrected chi connectivity index (χ0v) is 21.4. The first-order valence-corrected chi connectivity index (χ1v) is 12.8. The summed E-state index contributed by atoms with van der Waals surface area (Å²) in [7, 11) is 0. The number of nitrogens with one attached hydrogen (secondary N) is 1. The fourth-order valence-corrected chi connectivity index (χ4v) is 4.58. The molecule has 0 saturated heterocycles. The third-order valence-electron chi connectivity index (χ3n) is 5.05. The average molecular weight is 583 g/mol. The van der Waals surface area contributed by atoms with Crippen LogP contribution in [-0.2, 0) is 0 Å². The maximum atomic E-state index is 13.9. The highest BCUT2D eigenvalue weighted by Gasteiger charge is 2.21. The minimum atomic E-state index is -0.187. The van der Waals surface area contributed by atoms with Gasteiger partial charge in [-0.2, -0.15) is 10.1 Å². The number of rotatable bonds is 5. The molecule has 2 aromatic heterocycles. The predicted molar refractivity (Wildman–Crippen MR) is 141 cm³/mol. The first-order chi connectivity index (χ1) is 16.0. The Balaban J connectivity index is 1.81. The molecule has 0 aliphatic carbocycles. The van der Waals surface area contributed by atoms with Crippen molar-refractivity contribution in [2.45, 2.75) is 5.03 Å². The van der Waals surface area contributed by atoms with Gasteiger partial charge >= 0.3 is 0 Å². The summed E-state index contributed by atoms with van der Waals surface area (Å²) in [6, 6.07) is 25.0. The molecule has 0 radical (unpaired) electrons. The number of para-hydroxylation sites is 1. The van der Waals surface area contributed by atoms with Gasteiger partial charge in [0.25, 0.3) is 5.56 Å². The molecule has 5 aromatic rings. The fourth-order valence-electron chi connectivity index (χ4n) is 3.51. The molecule has 164 valence electrons. The van der Waals surface area contributed by atoms with Crippen LogP contribution in [0.15, 0.2) is 97.6 Å². The molecule has 0 bridgehead atoms. The Labute approximate surface area is 210 Å². The third-order valence-corrected chi connectivity index (χ3v) is 6.78. The van der Waals surface area contributed by atoms with Gasteiger partial charge in [-0.25, -0.2) is 9.25 Å². The minimum absolute atomic E-state index is 0.187. The lowest BCUT2D eigenvalue weighted by Crippen LogP contribution is -2.23. The van der Waals surface area contributed by atoms with Gasteiger partial charge in [-0.1, -0.05) is 50.1 Å². The standard InChI is InChI=1S/C24H17Br2N5OS/c1-33-22-20-21(31(29-22)19-5-3-2-4-6-19)28-24(27-17-11-7-15(25)8-12-17)30(23(20)32)18-13-9-16(26)10-14-18/h2-14H,1H3,(H,27,28). The summed E-state index contributed by atoms with van der Waals surface area (Å²) in [6.07, 6.45) is 1.91. The maximum absolute atomic E-state index is 13.9. The van der Waals surface area contributed by atoms with Crippen LogP contribution in [0.2, 0.25) is 0 Å². The van der Waals surface area contributed by atoms with Crippen molar-refractivity contribution in [2.24, 2.45) is 0 Å². The van der Waals surface area contributed by atoms with Gasteiger partial charge in [0.05, 0.1) is 11.4 Å². The Morgan fingerprint density at radius 1 is 0.848 bits per heavy atom. The largest absolute Gasteiger partial charge is 0.325 e. The van der Waals surface area contributed by atoms with Gasteiger partial charge in [0.2, 0.25) is 5.95 Å². The van der Waals surface area contributed by atoms with E-state index in [1.165, 1.54) is 11.8 Å². The van der Waals surface area contributed by atoms with Crippen LogP contribution in [-0.4, -0.2) is 25.6 Å². The van der Waals surface area contributed by atoms with E-state index < -0.39 is 0 Å². The lowest BCUT2D eigenvalue weighted by Gasteiger charge is -2.15. The van der Waals surface area contributed by atoms with Gasteiger partial charge in [-0.3, -0.25) is 4.79 Å². The molecule has 0 atom stereocenters. The Morgan fingerprint density at radius 2 is 1.48 bits per heavy atom. The quantitative estimate of drug-likeness (QED) is 0.238. The molecule has 0 fully saturated rings. The molecule has 6 nitrogen and oxygen atoms in total. The number of thioether (sulfide) groups is 1. The zero-order chi connectivity index (χ0) is 22.9. The van der Waals surface area contributed by atoms with Gasteiger partial charge in [-0.05, 0) is 66.9 Å². The van der Waals surface area contributed by atoms with Crippen molar-refractivity contribution in [1.29, 1.82) is 0 Å². The summed E-state index contributed by atoms with van der Waals surface area (Å²) in [5.41, 5.74) is 2.67. The second-order valence-corrected chi connectivity index (χ2v) is 9.77. The van der Waals surface area contributed by atoms with Crippen LogP contribution < -0.4 is 10.9 Å². The zero-order valence-electron chi connectivity index (χ0n) is 17.4. The molecule has 0 spiro atoms. The molecule has 5 rings (SSSR count). The number of anilines is 2. The van der Waals surface area contributed by atoms with Crippen molar-refractivity contribution >= 4 is 66.3 Å². The minimum Gasteiger partial charge on any atom is -0.325 e. The monoisotopic (exact) mass is 581 g/mol. The number of halogens is 2. The molecule has 1 N–H and O–H groups in total. The average Bonchev–Trinajstić information content (AvgIpc) is 3.21. The highest BCUT2D eigenvalue weighted by Crippen LogP contribution is 2.28. The predicted octanol–water partition coefficient (Wildman–Crippen LogP) is 6.56. The molecular formula is C24H17Br2N5OS. The van der Waals surface area contributed by atoms with Crippen LogP contribution in [0.3, 0.4) is 0 Å². The van der Waals surface area contributed by atoms with E-state index in [1.54, 1.807) is 9.25 Å². The van der Waals surface area contributed by atoms with Crippen molar-refractivity contribution in [3.63, 3.8) is 0 Å². The van der Waals surface area contributed by atoms with Gasteiger partial charge in [0.15, 0.2) is 5.65 Å². The highest BCUT2D eigenvalue weighted by atomic mass is 79.9. The summed E-state index contributed by atoms with van der Waals surface area (Å²) < 4.78 is 5.21. The van der Waals surface area contributed by atoms with Crippen molar-refractivity contribution < 1.29 is 0 Å². The molecule has 0 saturated carbocycles. The third kappa shape index (κ3) is 4.23. The van der Waals surface area contributed by atoms with E-state index in [2.05, 4.69) is 37.2 Å². The number of benzene rings is 3. The topological polar surface area (TPSA) is 64.7 Å². The molecule has 2 heterocycles. The van der Waals surface area contributed by atoms with Crippen LogP contribution in [0, 0.1) is 0 Å².